The number of amides is 1. The Hall–Kier alpha value is -2.80. The number of fused-ring (bicyclic) bond motifs is 1. The van der Waals surface area contributed by atoms with Gasteiger partial charge in [-0.05, 0) is 50.2 Å². The first-order valence-electron chi connectivity index (χ1n) is 9.01. The Morgan fingerprint density at radius 1 is 1.21 bits per heavy atom. The smallest absolute Gasteiger partial charge is 0.307 e. The van der Waals surface area contributed by atoms with Crippen LogP contribution in [0.4, 0.5) is 5.69 Å². The Balaban J connectivity index is 1.73. The molecule has 6 nitrogen and oxygen atoms in total. The lowest BCUT2D eigenvalue weighted by Gasteiger charge is -2.21. The van der Waals surface area contributed by atoms with Gasteiger partial charge in [-0.1, -0.05) is 15.9 Å². The number of hydrazone groups is 1. The molecule has 0 saturated heterocycles. The van der Waals surface area contributed by atoms with Gasteiger partial charge >= 0.3 is 5.91 Å². The number of hydrogen-bond donors (Lipinski definition) is 1. The molecule has 0 aliphatic carbocycles. The third-order valence-electron chi connectivity index (χ3n) is 4.42. The topological polar surface area (TPSA) is 67.1 Å². The van der Waals surface area contributed by atoms with E-state index in [9.17, 15) is 4.79 Å². The lowest BCUT2D eigenvalue weighted by molar-refractivity contribution is 0.0929. The highest BCUT2D eigenvalue weighted by Crippen LogP contribution is 2.25. The van der Waals surface area contributed by atoms with Gasteiger partial charge in [-0.15, -0.1) is 0 Å². The molecular formula is C21H22BrN3O3. The van der Waals surface area contributed by atoms with E-state index in [0.717, 1.165) is 34.2 Å². The zero-order chi connectivity index (χ0) is 20.1. The maximum atomic E-state index is 12.3. The van der Waals surface area contributed by atoms with Crippen LogP contribution in [0.25, 0.3) is 11.0 Å². The number of furan rings is 1. The summed E-state index contributed by atoms with van der Waals surface area (Å²) in [5.74, 6) is 0.479. The van der Waals surface area contributed by atoms with Crippen molar-refractivity contribution in [3.63, 3.8) is 0 Å². The van der Waals surface area contributed by atoms with E-state index in [1.807, 2.05) is 36.4 Å². The Bertz CT molecular complexity index is 1010. The Morgan fingerprint density at radius 3 is 2.71 bits per heavy atom. The lowest BCUT2D eigenvalue weighted by Crippen LogP contribution is -2.21. The maximum absolute atomic E-state index is 12.3. The molecule has 0 aliphatic heterocycles. The van der Waals surface area contributed by atoms with Crippen molar-refractivity contribution >= 4 is 44.7 Å². The third-order valence-corrected chi connectivity index (χ3v) is 4.91. The van der Waals surface area contributed by atoms with Crippen molar-refractivity contribution in [1.82, 2.24) is 5.43 Å². The molecule has 28 heavy (non-hydrogen) atoms. The van der Waals surface area contributed by atoms with Crippen LogP contribution in [0.1, 0.15) is 30.0 Å². The molecule has 0 radical (unpaired) electrons. The van der Waals surface area contributed by atoms with Crippen LogP contribution in [0, 0.1) is 0 Å². The largest absolute Gasteiger partial charge is 0.496 e. The van der Waals surface area contributed by atoms with Crippen LogP contribution in [-0.2, 0) is 0 Å². The van der Waals surface area contributed by atoms with Crippen LogP contribution in [0.5, 0.6) is 5.75 Å². The van der Waals surface area contributed by atoms with E-state index in [0.29, 0.717) is 11.3 Å². The van der Waals surface area contributed by atoms with Crippen molar-refractivity contribution in [1.29, 1.82) is 0 Å². The maximum Gasteiger partial charge on any atom is 0.307 e. The summed E-state index contributed by atoms with van der Waals surface area (Å²) in [6.07, 6.45) is 1.56. The molecule has 7 heteroatoms. The van der Waals surface area contributed by atoms with E-state index in [1.165, 1.54) is 0 Å². The predicted octanol–water partition coefficient (Wildman–Crippen LogP) is 4.81. The highest BCUT2D eigenvalue weighted by Gasteiger charge is 2.12. The average Bonchev–Trinajstić information content (AvgIpc) is 3.12. The van der Waals surface area contributed by atoms with E-state index >= 15 is 0 Å². The minimum absolute atomic E-state index is 0.203. The van der Waals surface area contributed by atoms with Gasteiger partial charge in [0.05, 0.1) is 13.3 Å². The lowest BCUT2D eigenvalue weighted by atomic mass is 10.2. The molecule has 3 rings (SSSR count). The molecule has 0 unspecified atom stereocenters. The molecule has 0 aliphatic rings. The van der Waals surface area contributed by atoms with Crippen molar-refractivity contribution in [2.75, 3.05) is 25.1 Å². The van der Waals surface area contributed by atoms with E-state index < -0.39 is 5.91 Å². The molecule has 146 valence electrons. The van der Waals surface area contributed by atoms with Crippen LogP contribution < -0.4 is 15.1 Å². The van der Waals surface area contributed by atoms with Gasteiger partial charge in [0, 0.05) is 40.3 Å². The van der Waals surface area contributed by atoms with Gasteiger partial charge in [-0.2, -0.15) is 5.10 Å². The first-order valence-corrected chi connectivity index (χ1v) is 9.80. The van der Waals surface area contributed by atoms with Crippen LogP contribution in [0.15, 0.2) is 56.5 Å². The fourth-order valence-electron chi connectivity index (χ4n) is 2.93. The fourth-order valence-corrected chi connectivity index (χ4v) is 3.31. The second-order valence-corrected chi connectivity index (χ2v) is 7.01. The molecule has 1 heterocycles. The fraction of sp³-hybridized carbons (Fsp3) is 0.238. The summed E-state index contributed by atoms with van der Waals surface area (Å²) >= 11 is 3.40. The molecule has 0 bridgehead atoms. The van der Waals surface area contributed by atoms with Crippen LogP contribution >= 0.6 is 15.9 Å². The summed E-state index contributed by atoms with van der Waals surface area (Å²) in [6, 6.07) is 13.1. The average molecular weight is 444 g/mol. The second kappa shape index (κ2) is 8.93. The predicted molar refractivity (Wildman–Crippen MR) is 116 cm³/mol. The van der Waals surface area contributed by atoms with E-state index in [-0.39, 0.29) is 5.76 Å². The quantitative estimate of drug-likeness (QED) is 0.420. The van der Waals surface area contributed by atoms with Crippen molar-refractivity contribution < 1.29 is 13.9 Å². The zero-order valence-corrected chi connectivity index (χ0v) is 17.6. The molecule has 1 N–H and O–H groups in total. The summed E-state index contributed by atoms with van der Waals surface area (Å²) in [6.45, 7) is 6.05. The number of benzene rings is 2. The standard InChI is InChI=1S/C21H22BrN3O3/c1-4-25(5-2)17-8-6-14(19(12-17)27-3)13-23-24-21(26)20-11-15-10-16(22)7-9-18(15)28-20/h6-13H,4-5H2,1-3H3,(H,24,26). The molecule has 0 spiro atoms. The number of nitrogens with one attached hydrogen (secondary N) is 1. The van der Waals surface area contributed by atoms with Gasteiger partial charge in [0.2, 0.25) is 0 Å². The van der Waals surface area contributed by atoms with Gasteiger partial charge in [0.1, 0.15) is 11.3 Å². The highest BCUT2D eigenvalue weighted by atomic mass is 79.9. The van der Waals surface area contributed by atoms with Crippen molar-refractivity contribution in [2.24, 2.45) is 5.10 Å². The van der Waals surface area contributed by atoms with Crippen LogP contribution in [0.3, 0.4) is 0 Å². The summed E-state index contributed by atoms with van der Waals surface area (Å²) in [5.41, 5.74) is 4.99. The summed E-state index contributed by atoms with van der Waals surface area (Å²) in [7, 11) is 1.61. The molecule has 1 amide bonds. The summed E-state index contributed by atoms with van der Waals surface area (Å²) in [4.78, 5) is 14.5. The van der Waals surface area contributed by atoms with Crippen LogP contribution in [0.2, 0.25) is 0 Å². The first-order chi connectivity index (χ1) is 13.5. The number of carbonyl (C=O) groups excluding carboxylic acids is 1. The van der Waals surface area contributed by atoms with Gasteiger partial charge in [-0.25, -0.2) is 5.43 Å². The molecule has 3 aromatic rings. The summed E-state index contributed by atoms with van der Waals surface area (Å²) in [5, 5.41) is 4.89. The third kappa shape index (κ3) is 4.36. The molecule has 0 atom stereocenters. The molecule has 0 fully saturated rings. The van der Waals surface area contributed by atoms with E-state index in [1.54, 1.807) is 19.4 Å². The number of nitrogens with zero attached hydrogens (tertiary/aromatic N) is 2. The molecule has 2 aromatic carbocycles. The molecular weight excluding hydrogens is 422 g/mol. The zero-order valence-electron chi connectivity index (χ0n) is 16.0. The summed E-state index contributed by atoms with van der Waals surface area (Å²) < 4.78 is 11.9. The number of hydrogen-bond acceptors (Lipinski definition) is 5. The Labute approximate surface area is 172 Å². The molecule has 1 aromatic heterocycles. The minimum atomic E-state index is -0.415. The number of rotatable bonds is 7. The number of anilines is 1. The number of methoxy groups -OCH3 is 1. The minimum Gasteiger partial charge on any atom is -0.496 e. The first kappa shape index (κ1) is 19.9. The van der Waals surface area contributed by atoms with Gasteiger partial charge in [0.15, 0.2) is 5.76 Å². The number of ether oxygens (including phenoxy) is 1. The Kier molecular flexibility index (Phi) is 6.36. The van der Waals surface area contributed by atoms with Crippen molar-refractivity contribution in [3.05, 3.63) is 58.3 Å². The van der Waals surface area contributed by atoms with E-state index in [2.05, 4.69) is 45.2 Å². The highest BCUT2D eigenvalue weighted by molar-refractivity contribution is 9.10. The monoisotopic (exact) mass is 443 g/mol. The second-order valence-electron chi connectivity index (χ2n) is 6.09. The van der Waals surface area contributed by atoms with Crippen molar-refractivity contribution in [2.45, 2.75) is 13.8 Å². The van der Waals surface area contributed by atoms with Gasteiger partial charge < -0.3 is 14.1 Å². The van der Waals surface area contributed by atoms with Gasteiger partial charge in [0.25, 0.3) is 0 Å². The van der Waals surface area contributed by atoms with Crippen LogP contribution in [-0.4, -0.2) is 32.3 Å². The SMILES string of the molecule is CCN(CC)c1ccc(C=NNC(=O)c2cc3cc(Br)ccc3o2)c(OC)c1. The van der Waals surface area contributed by atoms with E-state index in [4.69, 9.17) is 9.15 Å². The van der Waals surface area contributed by atoms with Gasteiger partial charge in [-0.3, -0.25) is 4.79 Å². The van der Waals surface area contributed by atoms with Crippen molar-refractivity contribution in [3.8, 4) is 5.75 Å². The molecule has 0 saturated carbocycles. The number of carbonyl (C=O) groups is 1. The Morgan fingerprint density at radius 2 is 2.00 bits per heavy atom. The normalized spacial score (nSPS) is 11.1. The number of halogens is 1.